The zero-order valence-electron chi connectivity index (χ0n) is 18.5. The minimum Gasteiger partial charge on any atom is -0.483 e. The van der Waals surface area contributed by atoms with Crippen LogP contribution in [0.1, 0.15) is 27.2 Å². The maximum absolute atomic E-state index is 12.5. The number of carbonyl (C=O) groups is 2. The summed E-state index contributed by atoms with van der Waals surface area (Å²) in [6, 6.07) is 16.7. The van der Waals surface area contributed by atoms with Gasteiger partial charge in [-0.25, -0.2) is 4.98 Å². The van der Waals surface area contributed by atoms with Crippen molar-refractivity contribution in [2.45, 2.75) is 20.8 Å². The van der Waals surface area contributed by atoms with Gasteiger partial charge in [-0.1, -0.05) is 53.3 Å². The van der Waals surface area contributed by atoms with Crippen LogP contribution < -0.4 is 15.4 Å². The molecule has 0 fully saturated rings. The van der Waals surface area contributed by atoms with Gasteiger partial charge in [0.2, 0.25) is 0 Å². The average molecular weight is 462 g/mol. The number of anilines is 2. The van der Waals surface area contributed by atoms with Crippen LogP contribution in [0.25, 0.3) is 11.3 Å². The Morgan fingerprint density at radius 1 is 1.00 bits per heavy atom. The molecule has 0 aliphatic carbocycles. The van der Waals surface area contributed by atoms with Crippen LogP contribution in [0, 0.1) is 20.8 Å². The van der Waals surface area contributed by atoms with E-state index in [4.69, 9.17) is 9.15 Å². The van der Waals surface area contributed by atoms with E-state index in [9.17, 15) is 9.59 Å². The second-order valence-electron chi connectivity index (χ2n) is 7.53. The van der Waals surface area contributed by atoms with Crippen LogP contribution in [0.5, 0.6) is 5.75 Å². The molecule has 7 nitrogen and oxygen atoms in total. The molecule has 2 N–H and O–H groups in total. The van der Waals surface area contributed by atoms with Gasteiger partial charge >= 0.3 is 0 Å². The number of benzene rings is 2. The average Bonchev–Trinajstić information content (AvgIpc) is 3.46. The number of nitrogens with zero attached hydrogens (tertiary/aromatic N) is 1. The van der Waals surface area contributed by atoms with E-state index in [2.05, 4.69) is 15.6 Å². The molecule has 4 rings (SSSR count). The highest BCUT2D eigenvalue weighted by Gasteiger charge is 2.19. The maximum atomic E-state index is 12.5. The van der Waals surface area contributed by atoms with Crippen LogP contribution in [0.2, 0.25) is 0 Å². The SMILES string of the molecule is Cc1ccc(-c2nc(NC(=O)COc3cccc(C)c3C)sc2NC(=O)c2ccco2)cc1. The summed E-state index contributed by atoms with van der Waals surface area (Å²) in [5.74, 6) is 0.110. The van der Waals surface area contributed by atoms with Crippen LogP contribution in [0.15, 0.2) is 65.3 Å². The summed E-state index contributed by atoms with van der Waals surface area (Å²) in [5, 5.41) is 6.46. The first kappa shape index (κ1) is 22.3. The molecule has 0 spiro atoms. The summed E-state index contributed by atoms with van der Waals surface area (Å²) in [5.41, 5.74) is 4.56. The van der Waals surface area contributed by atoms with Crippen LogP contribution >= 0.6 is 11.3 Å². The summed E-state index contributed by atoms with van der Waals surface area (Å²) >= 11 is 1.17. The molecule has 2 heterocycles. The fraction of sp³-hybridized carbons (Fsp3) is 0.160. The first-order chi connectivity index (χ1) is 15.9. The second kappa shape index (κ2) is 9.70. The van der Waals surface area contributed by atoms with Crippen molar-refractivity contribution >= 4 is 33.3 Å². The van der Waals surface area contributed by atoms with Gasteiger partial charge in [-0.3, -0.25) is 14.9 Å². The molecule has 8 heteroatoms. The summed E-state index contributed by atoms with van der Waals surface area (Å²) in [6.45, 7) is 5.78. The summed E-state index contributed by atoms with van der Waals surface area (Å²) < 4.78 is 10.9. The molecule has 168 valence electrons. The van der Waals surface area contributed by atoms with E-state index in [1.165, 1.54) is 17.6 Å². The molecular weight excluding hydrogens is 438 g/mol. The number of hydrogen-bond acceptors (Lipinski definition) is 6. The van der Waals surface area contributed by atoms with Crippen molar-refractivity contribution in [3.05, 3.63) is 83.3 Å². The topological polar surface area (TPSA) is 93.5 Å². The van der Waals surface area contributed by atoms with Crippen molar-refractivity contribution in [2.24, 2.45) is 0 Å². The zero-order chi connectivity index (χ0) is 23.4. The van der Waals surface area contributed by atoms with Gasteiger partial charge in [0.1, 0.15) is 16.4 Å². The van der Waals surface area contributed by atoms with E-state index < -0.39 is 5.91 Å². The van der Waals surface area contributed by atoms with Gasteiger partial charge < -0.3 is 14.5 Å². The maximum Gasteiger partial charge on any atom is 0.292 e. The normalized spacial score (nSPS) is 10.6. The molecule has 0 unspecified atom stereocenters. The highest BCUT2D eigenvalue weighted by atomic mass is 32.1. The Morgan fingerprint density at radius 2 is 1.79 bits per heavy atom. The monoisotopic (exact) mass is 461 g/mol. The van der Waals surface area contributed by atoms with Crippen LogP contribution in [-0.4, -0.2) is 23.4 Å². The van der Waals surface area contributed by atoms with Gasteiger partial charge in [0.15, 0.2) is 17.5 Å². The van der Waals surface area contributed by atoms with Crippen molar-refractivity contribution < 1.29 is 18.7 Å². The fourth-order valence-corrected chi connectivity index (χ4v) is 4.02. The van der Waals surface area contributed by atoms with Gasteiger partial charge in [-0.2, -0.15) is 0 Å². The number of aromatic nitrogens is 1. The van der Waals surface area contributed by atoms with Crippen molar-refractivity contribution in [3.8, 4) is 17.0 Å². The number of ether oxygens (including phenoxy) is 1. The number of aryl methyl sites for hydroxylation is 2. The Labute approximate surface area is 195 Å². The molecule has 0 bridgehead atoms. The Morgan fingerprint density at radius 3 is 2.52 bits per heavy atom. The number of amides is 2. The van der Waals surface area contributed by atoms with Gasteiger partial charge in [-0.15, -0.1) is 0 Å². The molecule has 0 atom stereocenters. The Bertz CT molecular complexity index is 1280. The molecule has 2 aromatic heterocycles. The van der Waals surface area contributed by atoms with E-state index in [1.54, 1.807) is 12.1 Å². The van der Waals surface area contributed by atoms with Crippen LogP contribution in [0.4, 0.5) is 10.1 Å². The van der Waals surface area contributed by atoms with E-state index in [-0.39, 0.29) is 18.3 Å². The number of rotatable bonds is 7. The molecule has 2 aromatic carbocycles. The zero-order valence-corrected chi connectivity index (χ0v) is 19.3. The summed E-state index contributed by atoms with van der Waals surface area (Å²) in [4.78, 5) is 29.6. The van der Waals surface area contributed by atoms with Gasteiger partial charge in [-0.05, 0) is 50.1 Å². The number of furan rings is 1. The first-order valence-electron chi connectivity index (χ1n) is 10.3. The van der Waals surface area contributed by atoms with Crippen LogP contribution in [0.3, 0.4) is 0 Å². The lowest BCUT2D eigenvalue weighted by atomic mass is 10.1. The number of carbonyl (C=O) groups excluding carboxylic acids is 2. The van der Waals surface area contributed by atoms with Gasteiger partial charge in [0.05, 0.1) is 6.26 Å². The first-order valence-corrected chi connectivity index (χ1v) is 11.1. The van der Waals surface area contributed by atoms with Gasteiger partial charge in [0.25, 0.3) is 11.8 Å². The van der Waals surface area contributed by atoms with E-state index >= 15 is 0 Å². The molecule has 0 saturated heterocycles. The number of hydrogen-bond donors (Lipinski definition) is 2. The van der Waals surface area contributed by atoms with Gasteiger partial charge in [0, 0.05) is 5.56 Å². The molecule has 0 aliphatic rings. The second-order valence-corrected chi connectivity index (χ2v) is 8.53. The predicted octanol–water partition coefficient (Wildman–Crippen LogP) is 5.60. The minimum absolute atomic E-state index is 0.155. The highest BCUT2D eigenvalue weighted by Crippen LogP contribution is 2.36. The quantitative estimate of drug-likeness (QED) is 0.374. The molecule has 0 aliphatic heterocycles. The summed E-state index contributed by atoms with van der Waals surface area (Å²) in [7, 11) is 0. The number of thiazole rings is 1. The lowest BCUT2D eigenvalue weighted by Gasteiger charge is -2.10. The van der Waals surface area contributed by atoms with Crippen LogP contribution in [-0.2, 0) is 4.79 Å². The molecule has 2 amide bonds. The minimum atomic E-state index is -0.395. The molecule has 0 radical (unpaired) electrons. The molecule has 4 aromatic rings. The van der Waals surface area contributed by atoms with Crippen molar-refractivity contribution in [3.63, 3.8) is 0 Å². The molecule has 0 saturated carbocycles. The lowest BCUT2D eigenvalue weighted by molar-refractivity contribution is -0.118. The summed E-state index contributed by atoms with van der Waals surface area (Å²) in [6.07, 6.45) is 1.43. The third kappa shape index (κ3) is 5.30. The van der Waals surface area contributed by atoms with E-state index in [1.807, 2.05) is 63.2 Å². The standard InChI is InChI=1S/C25H23N3O4S/c1-15-9-11-18(12-10-15)22-24(28-23(30)20-8-5-13-31-20)33-25(27-22)26-21(29)14-32-19-7-4-6-16(2)17(19)3/h4-13H,14H2,1-3H3,(H,28,30)(H,26,27,29). The Kier molecular flexibility index (Phi) is 6.55. The Hall–Kier alpha value is -3.91. The highest BCUT2D eigenvalue weighted by molar-refractivity contribution is 7.20. The van der Waals surface area contributed by atoms with Crippen molar-refractivity contribution in [1.82, 2.24) is 4.98 Å². The predicted molar refractivity (Wildman–Crippen MR) is 129 cm³/mol. The Balaban J connectivity index is 1.52. The van der Waals surface area contributed by atoms with E-state index in [0.717, 1.165) is 22.3 Å². The third-order valence-corrected chi connectivity index (χ3v) is 5.97. The fourth-order valence-electron chi connectivity index (χ4n) is 3.12. The van der Waals surface area contributed by atoms with Crippen molar-refractivity contribution in [2.75, 3.05) is 17.2 Å². The number of nitrogens with one attached hydrogen (secondary N) is 2. The largest absolute Gasteiger partial charge is 0.483 e. The van der Waals surface area contributed by atoms with E-state index in [0.29, 0.717) is 21.6 Å². The molecular formula is C25H23N3O4S. The van der Waals surface area contributed by atoms with Crippen molar-refractivity contribution in [1.29, 1.82) is 0 Å². The third-order valence-electron chi connectivity index (χ3n) is 5.08. The lowest BCUT2D eigenvalue weighted by Crippen LogP contribution is -2.20. The smallest absolute Gasteiger partial charge is 0.292 e. The molecule has 33 heavy (non-hydrogen) atoms.